The summed E-state index contributed by atoms with van der Waals surface area (Å²) in [5, 5.41) is 13.1. The highest BCUT2D eigenvalue weighted by molar-refractivity contribution is 6.05. The zero-order valence-electron chi connectivity index (χ0n) is 18.4. The molecule has 4 aromatic rings. The number of carbonyl (C=O) groups is 2. The van der Waals surface area contributed by atoms with Crippen LogP contribution in [0.25, 0.3) is 11.0 Å². The maximum Gasteiger partial charge on any atom is 0.251 e. The van der Waals surface area contributed by atoms with Gasteiger partial charge in [-0.25, -0.2) is 9.61 Å². The minimum atomic E-state index is -0.333. The Labute approximate surface area is 189 Å². The molecule has 2 amide bonds. The summed E-state index contributed by atoms with van der Waals surface area (Å²) in [6.07, 6.45) is 2.51. The zero-order chi connectivity index (χ0) is 23.2. The first kappa shape index (κ1) is 22.2. The van der Waals surface area contributed by atoms with Crippen LogP contribution in [0.5, 0.6) is 0 Å². The SMILES string of the molecule is COCC(=O)Nc1cc(C(=O)NCc2nonc2C)cc2ncn(CCc3ccccc3)c12. The standard InChI is InChI=1S/C23H24N6O4/c1-15-20(28-33-27-15)12-24-23(31)17-10-18-22(19(11-17)26-21(30)13-32-2)29(14-25-18)9-8-16-6-4-3-5-7-16/h3-7,10-11,14H,8-9,12-13H2,1-2H3,(H,24,31)(H,26,30). The third kappa shape index (κ3) is 5.24. The number of imidazole rings is 1. The third-order valence-corrected chi connectivity index (χ3v) is 5.17. The van der Waals surface area contributed by atoms with Crippen molar-refractivity contribution in [1.82, 2.24) is 25.2 Å². The first-order valence-electron chi connectivity index (χ1n) is 10.4. The van der Waals surface area contributed by atoms with Gasteiger partial charge in [-0.05, 0) is 31.0 Å². The van der Waals surface area contributed by atoms with Crippen LogP contribution in [0.1, 0.15) is 27.3 Å². The minimum Gasteiger partial charge on any atom is -0.375 e. The van der Waals surface area contributed by atoms with Crippen LogP contribution in [0.2, 0.25) is 0 Å². The third-order valence-electron chi connectivity index (χ3n) is 5.17. The van der Waals surface area contributed by atoms with Crippen molar-refractivity contribution in [2.24, 2.45) is 0 Å². The Hall–Kier alpha value is -4.05. The van der Waals surface area contributed by atoms with Crippen LogP contribution in [-0.4, -0.2) is 45.4 Å². The average Bonchev–Trinajstić information content (AvgIpc) is 3.42. The molecular weight excluding hydrogens is 424 g/mol. The molecule has 0 saturated carbocycles. The Morgan fingerprint density at radius 2 is 1.97 bits per heavy atom. The van der Waals surface area contributed by atoms with Gasteiger partial charge in [0.1, 0.15) is 18.0 Å². The summed E-state index contributed by atoms with van der Waals surface area (Å²) in [5.41, 5.74) is 4.53. The number of amides is 2. The summed E-state index contributed by atoms with van der Waals surface area (Å²) in [6.45, 7) is 2.48. The predicted molar refractivity (Wildman–Crippen MR) is 121 cm³/mol. The topological polar surface area (TPSA) is 124 Å². The summed E-state index contributed by atoms with van der Waals surface area (Å²) < 4.78 is 11.6. The van der Waals surface area contributed by atoms with Crippen molar-refractivity contribution >= 4 is 28.5 Å². The van der Waals surface area contributed by atoms with Gasteiger partial charge in [0.2, 0.25) is 5.91 Å². The number of aryl methyl sites for hydroxylation is 3. The summed E-state index contributed by atoms with van der Waals surface area (Å²) in [7, 11) is 1.45. The number of aromatic nitrogens is 4. The molecule has 0 unspecified atom stereocenters. The molecule has 2 aromatic heterocycles. The van der Waals surface area contributed by atoms with Gasteiger partial charge in [0.25, 0.3) is 5.91 Å². The summed E-state index contributed by atoms with van der Waals surface area (Å²) >= 11 is 0. The number of carbonyl (C=O) groups excluding carboxylic acids is 2. The fourth-order valence-corrected chi connectivity index (χ4v) is 3.49. The van der Waals surface area contributed by atoms with Gasteiger partial charge >= 0.3 is 0 Å². The first-order chi connectivity index (χ1) is 16.0. The number of nitrogens with one attached hydrogen (secondary N) is 2. The van der Waals surface area contributed by atoms with Gasteiger partial charge in [0, 0.05) is 19.2 Å². The van der Waals surface area contributed by atoms with Gasteiger partial charge in [0.15, 0.2) is 0 Å². The second-order valence-corrected chi connectivity index (χ2v) is 7.53. The van der Waals surface area contributed by atoms with Gasteiger partial charge in [-0.1, -0.05) is 40.6 Å². The van der Waals surface area contributed by atoms with E-state index in [1.54, 1.807) is 25.4 Å². The van der Waals surface area contributed by atoms with Crippen molar-refractivity contribution < 1.29 is 19.0 Å². The van der Waals surface area contributed by atoms with E-state index in [9.17, 15) is 9.59 Å². The summed E-state index contributed by atoms with van der Waals surface area (Å²) in [6, 6.07) is 13.4. The van der Waals surface area contributed by atoms with Crippen molar-refractivity contribution in [2.45, 2.75) is 26.4 Å². The molecule has 10 nitrogen and oxygen atoms in total. The smallest absolute Gasteiger partial charge is 0.251 e. The number of methoxy groups -OCH3 is 1. The van der Waals surface area contributed by atoms with E-state index in [4.69, 9.17) is 4.74 Å². The minimum absolute atomic E-state index is 0.103. The van der Waals surface area contributed by atoms with E-state index in [0.717, 1.165) is 11.9 Å². The van der Waals surface area contributed by atoms with E-state index in [-0.39, 0.29) is 25.0 Å². The van der Waals surface area contributed by atoms with E-state index in [2.05, 4.69) is 42.7 Å². The van der Waals surface area contributed by atoms with E-state index in [0.29, 0.717) is 34.7 Å². The number of fused-ring (bicyclic) bond motifs is 1. The fraction of sp³-hybridized carbons (Fsp3) is 0.261. The Morgan fingerprint density at radius 3 is 2.70 bits per heavy atom. The van der Waals surface area contributed by atoms with Gasteiger partial charge in [0.05, 0.1) is 29.6 Å². The molecular formula is C23H24N6O4. The lowest BCUT2D eigenvalue weighted by Gasteiger charge is -2.12. The quantitative estimate of drug-likeness (QED) is 0.403. The molecule has 0 radical (unpaired) electrons. The number of rotatable bonds is 9. The van der Waals surface area contributed by atoms with Gasteiger partial charge < -0.3 is 19.9 Å². The van der Waals surface area contributed by atoms with Gasteiger partial charge in [-0.15, -0.1) is 0 Å². The van der Waals surface area contributed by atoms with Crippen LogP contribution in [0.4, 0.5) is 5.69 Å². The number of anilines is 1. The number of benzene rings is 2. The van der Waals surface area contributed by atoms with E-state index < -0.39 is 0 Å². The van der Waals surface area contributed by atoms with Crippen LogP contribution in [0, 0.1) is 6.92 Å². The zero-order valence-corrected chi connectivity index (χ0v) is 18.4. The van der Waals surface area contributed by atoms with Crippen LogP contribution in [-0.2, 0) is 29.0 Å². The molecule has 0 spiro atoms. The highest BCUT2D eigenvalue weighted by Gasteiger charge is 2.17. The van der Waals surface area contributed by atoms with Crippen LogP contribution < -0.4 is 10.6 Å². The summed E-state index contributed by atoms with van der Waals surface area (Å²) in [5.74, 6) is -0.656. The van der Waals surface area contributed by atoms with Crippen molar-refractivity contribution in [3.63, 3.8) is 0 Å². The Balaban J connectivity index is 1.61. The molecule has 4 rings (SSSR count). The molecule has 170 valence electrons. The molecule has 2 N–H and O–H groups in total. The maximum absolute atomic E-state index is 12.8. The number of hydrogen-bond acceptors (Lipinski definition) is 7. The van der Waals surface area contributed by atoms with Crippen molar-refractivity contribution in [3.05, 3.63) is 71.3 Å². The van der Waals surface area contributed by atoms with Crippen molar-refractivity contribution in [1.29, 1.82) is 0 Å². The Morgan fingerprint density at radius 1 is 1.15 bits per heavy atom. The van der Waals surface area contributed by atoms with Crippen molar-refractivity contribution in [3.8, 4) is 0 Å². The normalized spacial score (nSPS) is 11.0. The highest BCUT2D eigenvalue weighted by Crippen LogP contribution is 2.26. The molecule has 2 aromatic carbocycles. The summed E-state index contributed by atoms with van der Waals surface area (Å²) in [4.78, 5) is 29.6. The number of nitrogens with zero attached hydrogens (tertiary/aromatic N) is 4. The van der Waals surface area contributed by atoms with E-state index in [1.807, 2.05) is 22.8 Å². The molecule has 0 aliphatic heterocycles. The molecule has 0 fully saturated rings. The predicted octanol–water partition coefficient (Wildman–Crippen LogP) is 2.49. The van der Waals surface area contributed by atoms with Gasteiger partial charge in [-0.2, -0.15) is 0 Å². The lowest BCUT2D eigenvalue weighted by molar-refractivity contribution is -0.119. The average molecular weight is 448 g/mol. The fourth-order valence-electron chi connectivity index (χ4n) is 3.49. The Bertz CT molecular complexity index is 1260. The second-order valence-electron chi connectivity index (χ2n) is 7.53. The largest absolute Gasteiger partial charge is 0.375 e. The maximum atomic E-state index is 12.8. The number of ether oxygens (including phenoxy) is 1. The van der Waals surface area contributed by atoms with E-state index >= 15 is 0 Å². The van der Waals surface area contributed by atoms with Crippen molar-refractivity contribution in [2.75, 3.05) is 19.0 Å². The molecule has 0 aliphatic rings. The molecule has 0 aliphatic carbocycles. The molecule has 0 atom stereocenters. The second kappa shape index (κ2) is 10.0. The van der Waals surface area contributed by atoms with Crippen LogP contribution in [0.3, 0.4) is 0 Å². The molecule has 33 heavy (non-hydrogen) atoms. The molecule has 0 bridgehead atoms. The lowest BCUT2D eigenvalue weighted by atomic mass is 10.1. The highest BCUT2D eigenvalue weighted by atomic mass is 16.6. The number of hydrogen-bond donors (Lipinski definition) is 2. The van der Waals surface area contributed by atoms with Crippen LogP contribution in [0.15, 0.2) is 53.4 Å². The van der Waals surface area contributed by atoms with Crippen LogP contribution >= 0.6 is 0 Å². The molecule has 0 saturated heterocycles. The molecule has 2 heterocycles. The lowest BCUT2D eigenvalue weighted by Crippen LogP contribution is -2.24. The molecule has 10 heteroatoms. The monoisotopic (exact) mass is 448 g/mol. The van der Waals surface area contributed by atoms with E-state index in [1.165, 1.54) is 12.7 Å². The van der Waals surface area contributed by atoms with Gasteiger partial charge in [-0.3, -0.25) is 9.59 Å². The Kier molecular flexibility index (Phi) is 6.75. The first-order valence-corrected chi connectivity index (χ1v) is 10.4.